The molecule has 2 unspecified atom stereocenters. The van der Waals surface area contributed by atoms with E-state index in [0.29, 0.717) is 12.6 Å². The number of hydrogen-bond donors (Lipinski definition) is 0. The molecule has 1 saturated heterocycles. The second kappa shape index (κ2) is 18.1. The Morgan fingerprint density at radius 2 is 1.68 bits per heavy atom. The monoisotopic (exact) mass is 721 g/mol. The summed E-state index contributed by atoms with van der Waals surface area (Å²) in [5.74, 6) is 1.88. The average Bonchev–Trinajstić information content (AvgIpc) is 3.15. The number of ether oxygens (including phenoxy) is 2. The number of hydrogen-bond acceptors (Lipinski definition) is 7. The summed E-state index contributed by atoms with van der Waals surface area (Å²) < 4.78 is 12.0. The van der Waals surface area contributed by atoms with Crippen LogP contribution in [0.15, 0.2) is 71.6 Å². The van der Waals surface area contributed by atoms with E-state index in [-0.39, 0.29) is 29.4 Å². The molecular formula is C45H63N5O3. The van der Waals surface area contributed by atoms with E-state index in [1.807, 2.05) is 39.6 Å². The smallest absolute Gasteiger partial charge is 0.264 e. The molecule has 0 bridgehead atoms. The molecule has 0 radical (unpaired) electrons. The van der Waals surface area contributed by atoms with Gasteiger partial charge in [0.05, 0.1) is 25.8 Å². The molecule has 286 valence electrons. The summed E-state index contributed by atoms with van der Waals surface area (Å²) in [5.41, 5.74) is 10.8. The molecular weight excluding hydrogens is 659 g/mol. The highest BCUT2D eigenvalue weighted by molar-refractivity contribution is 5.97. The summed E-state index contributed by atoms with van der Waals surface area (Å²) in [6.45, 7) is 28.2. The predicted octanol–water partition coefficient (Wildman–Crippen LogP) is 8.76. The van der Waals surface area contributed by atoms with Gasteiger partial charge in [-0.15, -0.1) is 0 Å². The number of benzene rings is 2. The molecule has 3 aliphatic heterocycles. The van der Waals surface area contributed by atoms with Crippen LogP contribution in [0.3, 0.4) is 0 Å². The molecule has 53 heavy (non-hydrogen) atoms. The SMILES string of the molecule is C=C1C(C)=C(C)C(c2cc(OC)c(CN3CCN(Cc4cccc5c4CCN(C(=O)/C(C#N)=C/C(C)C)C5C(C)C)C(C)C3)c(OC)c2)=CN1C.CC. The molecule has 3 aliphatic rings. The van der Waals surface area contributed by atoms with Crippen molar-refractivity contribution in [2.24, 2.45) is 11.8 Å². The summed E-state index contributed by atoms with van der Waals surface area (Å²) in [6.07, 6.45) is 4.72. The van der Waals surface area contributed by atoms with Crippen molar-refractivity contribution in [2.75, 3.05) is 47.4 Å². The first-order valence-electron chi connectivity index (χ1n) is 19.4. The first kappa shape index (κ1) is 41.4. The quantitative estimate of drug-likeness (QED) is 0.180. The summed E-state index contributed by atoms with van der Waals surface area (Å²) in [5, 5.41) is 9.80. The van der Waals surface area contributed by atoms with Crippen LogP contribution in [-0.2, 0) is 24.3 Å². The van der Waals surface area contributed by atoms with Crippen LogP contribution < -0.4 is 9.47 Å². The van der Waals surface area contributed by atoms with Crippen molar-refractivity contribution in [3.8, 4) is 17.6 Å². The number of fused-ring (bicyclic) bond motifs is 1. The van der Waals surface area contributed by atoms with Crippen molar-refractivity contribution < 1.29 is 14.3 Å². The Kier molecular flexibility index (Phi) is 14.2. The zero-order valence-corrected chi connectivity index (χ0v) is 34.5. The predicted molar refractivity (Wildman–Crippen MR) is 217 cm³/mol. The van der Waals surface area contributed by atoms with Crippen molar-refractivity contribution in [1.82, 2.24) is 19.6 Å². The van der Waals surface area contributed by atoms with E-state index < -0.39 is 0 Å². The highest BCUT2D eigenvalue weighted by Crippen LogP contribution is 2.41. The van der Waals surface area contributed by atoms with Gasteiger partial charge in [0.25, 0.3) is 5.91 Å². The third kappa shape index (κ3) is 8.91. The second-order valence-electron chi connectivity index (χ2n) is 15.1. The standard InChI is InChI=1S/C43H57N5O3.C2H6/c1-27(2)19-35(22-44)43(49)48-16-15-36-33(13-12-14-37(36)42(48)28(3)4)24-47-18-17-46(23-29(47)5)26-39-40(50-10)20-34(21-41(39)51-11)38-25-45(9)32(8)30(6)31(38)7;1-2/h12-14,19-21,25,27-29,42H,8,15-18,23-24,26H2,1-7,9-11H3;1-2H3/b35-19+;. The normalized spacial score (nSPS) is 19.8. The summed E-state index contributed by atoms with van der Waals surface area (Å²) in [7, 11) is 5.51. The van der Waals surface area contributed by atoms with E-state index in [0.717, 1.165) is 73.0 Å². The lowest BCUT2D eigenvalue weighted by molar-refractivity contribution is -0.130. The molecule has 2 atom stereocenters. The van der Waals surface area contributed by atoms with Crippen molar-refractivity contribution in [3.05, 3.63) is 99.4 Å². The molecule has 8 nitrogen and oxygen atoms in total. The Bertz CT molecular complexity index is 1770. The molecule has 8 heteroatoms. The van der Waals surface area contributed by atoms with Crippen LogP contribution in [-0.4, -0.2) is 79.0 Å². The zero-order valence-electron chi connectivity index (χ0n) is 34.5. The number of allylic oxidation sites excluding steroid dienone is 4. The van der Waals surface area contributed by atoms with Crippen molar-refractivity contribution in [1.29, 1.82) is 5.26 Å². The molecule has 0 saturated carbocycles. The molecule has 3 heterocycles. The molecule has 5 rings (SSSR count). The Labute approximate surface area is 320 Å². The fourth-order valence-corrected chi connectivity index (χ4v) is 8.04. The maximum atomic E-state index is 13.6. The van der Waals surface area contributed by atoms with E-state index in [9.17, 15) is 10.1 Å². The van der Waals surface area contributed by atoms with E-state index in [1.54, 1.807) is 20.3 Å². The Balaban J connectivity index is 0.00000308. The fraction of sp³-hybridized carbons (Fsp3) is 0.511. The van der Waals surface area contributed by atoms with Crippen LogP contribution >= 0.6 is 0 Å². The van der Waals surface area contributed by atoms with Gasteiger partial charge < -0.3 is 19.3 Å². The third-order valence-electron chi connectivity index (χ3n) is 11.0. The molecule has 2 aromatic rings. The summed E-state index contributed by atoms with van der Waals surface area (Å²) in [4.78, 5) is 22.7. The largest absolute Gasteiger partial charge is 0.496 e. The maximum Gasteiger partial charge on any atom is 0.264 e. The lowest BCUT2D eigenvalue weighted by Crippen LogP contribution is -2.51. The van der Waals surface area contributed by atoms with Gasteiger partial charge in [0.2, 0.25) is 0 Å². The number of methoxy groups -OCH3 is 2. The molecule has 0 aliphatic carbocycles. The molecule has 0 aromatic heterocycles. The van der Waals surface area contributed by atoms with Crippen LogP contribution in [0, 0.1) is 23.2 Å². The van der Waals surface area contributed by atoms with Crippen molar-refractivity contribution in [3.63, 3.8) is 0 Å². The molecule has 0 spiro atoms. The van der Waals surface area contributed by atoms with Crippen LogP contribution in [0.2, 0.25) is 0 Å². The first-order valence-corrected chi connectivity index (χ1v) is 19.4. The lowest BCUT2D eigenvalue weighted by Gasteiger charge is -2.42. The zero-order chi connectivity index (χ0) is 39.1. The van der Waals surface area contributed by atoms with Gasteiger partial charge in [-0.25, -0.2) is 0 Å². The van der Waals surface area contributed by atoms with E-state index in [4.69, 9.17) is 9.47 Å². The van der Waals surface area contributed by atoms with Crippen molar-refractivity contribution >= 4 is 11.5 Å². The number of rotatable bonds is 10. The van der Waals surface area contributed by atoms with Gasteiger partial charge in [-0.1, -0.05) is 72.4 Å². The van der Waals surface area contributed by atoms with Gasteiger partial charge in [0.15, 0.2) is 0 Å². The number of piperazine rings is 1. The van der Waals surface area contributed by atoms with E-state index in [2.05, 4.69) is 98.5 Å². The maximum absolute atomic E-state index is 13.6. The van der Waals surface area contributed by atoms with E-state index in [1.165, 1.54) is 27.8 Å². The van der Waals surface area contributed by atoms with Gasteiger partial charge in [0.1, 0.15) is 23.1 Å². The number of likely N-dealkylation sites (N-methyl/N-ethyl adjacent to an activating group) is 1. The van der Waals surface area contributed by atoms with E-state index >= 15 is 0 Å². The summed E-state index contributed by atoms with van der Waals surface area (Å²) in [6, 6.07) is 13.3. The first-order chi connectivity index (χ1) is 25.3. The number of nitrogens with zero attached hydrogens (tertiary/aromatic N) is 5. The summed E-state index contributed by atoms with van der Waals surface area (Å²) >= 11 is 0. The van der Waals surface area contributed by atoms with Crippen LogP contribution in [0.25, 0.3) is 5.57 Å². The Morgan fingerprint density at radius 1 is 1.02 bits per heavy atom. The second-order valence-corrected chi connectivity index (χ2v) is 15.1. The van der Waals surface area contributed by atoms with Gasteiger partial charge in [-0.2, -0.15) is 5.26 Å². The molecule has 2 aromatic carbocycles. The Morgan fingerprint density at radius 3 is 2.25 bits per heavy atom. The van der Waals surface area contributed by atoms with Crippen LogP contribution in [0.5, 0.6) is 11.5 Å². The topological polar surface area (TPSA) is 72.3 Å². The molecule has 0 N–H and O–H groups in total. The number of nitriles is 1. The minimum Gasteiger partial charge on any atom is -0.496 e. The van der Waals surface area contributed by atoms with Crippen molar-refractivity contribution in [2.45, 2.75) is 93.9 Å². The number of carbonyl (C=O) groups excluding carboxylic acids is 1. The number of carbonyl (C=O) groups is 1. The average molecular weight is 722 g/mol. The third-order valence-corrected chi connectivity index (χ3v) is 11.0. The lowest BCUT2D eigenvalue weighted by atomic mass is 9.83. The minimum absolute atomic E-state index is 0.0607. The fourth-order valence-electron chi connectivity index (χ4n) is 8.04. The van der Waals surface area contributed by atoms with Crippen LogP contribution in [0.1, 0.15) is 96.2 Å². The van der Waals surface area contributed by atoms with Crippen LogP contribution in [0.4, 0.5) is 0 Å². The van der Waals surface area contributed by atoms with Gasteiger partial charge in [-0.05, 0) is 84.6 Å². The van der Waals surface area contributed by atoms with Gasteiger partial charge in [-0.3, -0.25) is 14.6 Å². The highest BCUT2D eigenvalue weighted by Gasteiger charge is 2.36. The molecule has 1 fully saturated rings. The number of amides is 1. The highest BCUT2D eigenvalue weighted by atomic mass is 16.5. The van der Waals surface area contributed by atoms with Gasteiger partial charge in [0, 0.05) is 69.8 Å². The van der Waals surface area contributed by atoms with Gasteiger partial charge >= 0.3 is 0 Å². The Hall–Kier alpha value is -4.32. The molecule has 1 amide bonds. The minimum atomic E-state index is -0.152.